The number of carbonyl (C=O) groups is 3. The van der Waals surface area contributed by atoms with Crippen molar-refractivity contribution in [1.29, 1.82) is 0 Å². The Kier molecular flexibility index (Phi) is 6.45. The number of anilines is 2. The number of aliphatic imine (C=N–C) groups is 1. The molecule has 3 N–H and O–H groups in total. The summed E-state index contributed by atoms with van der Waals surface area (Å²) in [4.78, 5) is 49.4. The molecule has 0 saturated heterocycles. The van der Waals surface area contributed by atoms with Gasteiger partial charge in [0.25, 0.3) is 11.8 Å². The third-order valence-corrected chi connectivity index (χ3v) is 4.12. The van der Waals surface area contributed by atoms with Crippen molar-refractivity contribution >= 4 is 35.3 Å². The maximum Gasteiger partial charge on any atom is 0.278 e. The fourth-order valence-electron chi connectivity index (χ4n) is 2.61. The first-order valence-electron chi connectivity index (χ1n) is 9.17. The van der Waals surface area contributed by atoms with E-state index in [2.05, 4.69) is 36.0 Å². The molecule has 2 aromatic rings. The summed E-state index contributed by atoms with van der Waals surface area (Å²) in [5.41, 5.74) is 0.791. The molecule has 158 valence electrons. The van der Waals surface area contributed by atoms with Crippen LogP contribution in [0.3, 0.4) is 0 Å². The van der Waals surface area contributed by atoms with Crippen LogP contribution in [-0.4, -0.2) is 50.6 Å². The number of nitrogens with zero attached hydrogens (tertiary/aromatic N) is 5. The van der Waals surface area contributed by atoms with Crippen LogP contribution in [0.5, 0.6) is 0 Å². The molecule has 0 saturated carbocycles. The standard InChI is InChI=1S/C20H20N8O3/c1-12(29)14-10-23-18(25-13-7-5-4-6-8-22-9-13)16(26-14)19(30)27-15-11-24-28(3)17(15)20(31)21-2/h4-11H,1-3H3,(H,21,31)(H,23,25)(H,27,30)/b5-4+,6-4?,7-5?,8-6+,13-7?,13-9?,22-8?,22-9?. The van der Waals surface area contributed by atoms with Crippen LogP contribution >= 0.6 is 0 Å². The van der Waals surface area contributed by atoms with E-state index < -0.39 is 11.8 Å². The summed E-state index contributed by atoms with van der Waals surface area (Å²) in [6, 6.07) is 0. The van der Waals surface area contributed by atoms with Crippen molar-refractivity contribution in [3.8, 4) is 0 Å². The highest BCUT2D eigenvalue weighted by molar-refractivity contribution is 6.10. The monoisotopic (exact) mass is 420 g/mol. The van der Waals surface area contributed by atoms with E-state index in [1.807, 2.05) is 0 Å². The number of aromatic nitrogens is 4. The zero-order chi connectivity index (χ0) is 22.4. The lowest BCUT2D eigenvalue weighted by atomic mass is 10.2. The van der Waals surface area contributed by atoms with E-state index >= 15 is 0 Å². The molecule has 11 nitrogen and oxygen atoms in total. The first kappa shape index (κ1) is 21.3. The molecular formula is C20H20N8O3. The minimum Gasteiger partial charge on any atom is -0.354 e. The Morgan fingerprint density at radius 2 is 1.87 bits per heavy atom. The fourth-order valence-corrected chi connectivity index (χ4v) is 2.61. The van der Waals surface area contributed by atoms with Crippen molar-refractivity contribution in [2.45, 2.75) is 6.92 Å². The van der Waals surface area contributed by atoms with Gasteiger partial charge < -0.3 is 16.0 Å². The molecule has 0 bridgehead atoms. The zero-order valence-corrected chi connectivity index (χ0v) is 17.1. The lowest BCUT2D eigenvalue weighted by molar-refractivity contribution is 0.0953. The molecule has 0 fully saturated rings. The molecule has 0 radical (unpaired) electrons. The van der Waals surface area contributed by atoms with Gasteiger partial charge in [-0.3, -0.25) is 24.1 Å². The summed E-state index contributed by atoms with van der Waals surface area (Å²) in [5, 5.41) is 12.1. The normalized spacial score (nSPS) is 14.6. The first-order chi connectivity index (χ1) is 14.9. The van der Waals surface area contributed by atoms with Crippen molar-refractivity contribution in [1.82, 2.24) is 25.1 Å². The first-order valence-corrected chi connectivity index (χ1v) is 9.17. The van der Waals surface area contributed by atoms with Crippen molar-refractivity contribution in [3.05, 3.63) is 65.7 Å². The summed E-state index contributed by atoms with van der Waals surface area (Å²) in [6.45, 7) is 1.32. The molecule has 31 heavy (non-hydrogen) atoms. The van der Waals surface area contributed by atoms with Gasteiger partial charge in [-0.25, -0.2) is 9.97 Å². The van der Waals surface area contributed by atoms with Crippen LogP contribution in [-0.2, 0) is 7.05 Å². The van der Waals surface area contributed by atoms with E-state index in [9.17, 15) is 14.4 Å². The molecule has 0 aliphatic carbocycles. The maximum absolute atomic E-state index is 13.0. The van der Waals surface area contributed by atoms with Crippen LogP contribution in [0, 0.1) is 0 Å². The molecule has 3 rings (SSSR count). The van der Waals surface area contributed by atoms with E-state index in [4.69, 9.17) is 0 Å². The molecule has 11 heteroatoms. The summed E-state index contributed by atoms with van der Waals surface area (Å²) < 4.78 is 1.33. The fraction of sp³-hybridized carbons (Fsp3) is 0.150. The van der Waals surface area contributed by atoms with Crippen molar-refractivity contribution in [2.75, 3.05) is 17.7 Å². The zero-order valence-electron chi connectivity index (χ0n) is 17.1. The Hall–Kier alpha value is -4.41. The number of amides is 2. The number of nitrogens with one attached hydrogen (secondary N) is 3. The Morgan fingerprint density at radius 1 is 1.06 bits per heavy atom. The number of hydrogen-bond donors (Lipinski definition) is 3. The van der Waals surface area contributed by atoms with E-state index in [-0.39, 0.29) is 34.4 Å². The highest BCUT2D eigenvalue weighted by atomic mass is 16.2. The minimum absolute atomic E-state index is 0.0246. The Morgan fingerprint density at radius 3 is 2.61 bits per heavy atom. The van der Waals surface area contributed by atoms with Gasteiger partial charge in [-0.05, 0) is 12.2 Å². The summed E-state index contributed by atoms with van der Waals surface area (Å²) in [6.07, 6.45) is 12.9. The molecule has 0 unspecified atom stereocenters. The third kappa shape index (κ3) is 4.96. The number of allylic oxidation sites excluding steroid dienone is 5. The average molecular weight is 420 g/mol. The average Bonchev–Trinajstić information content (AvgIpc) is 3.09. The molecule has 0 aromatic carbocycles. The van der Waals surface area contributed by atoms with Crippen LogP contribution in [0.4, 0.5) is 11.5 Å². The van der Waals surface area contributed by atoms with Gasteiger partial charge in [0.1, 0.15) is 11.4 Å². The molecule has 1 aliphatic heterocycles. The van der Waals surface area contributed by atoms with Crippen LogP contribution < -0.4 is 16.0 Å². The van der Waals surface area contributed by atoms with Crippen LogP contribution in [0.1, 0.15) is 38.4 Å². The number of rotatable bonds is 6. The Balaban J connectivity index is 1.97. The van der Waals surface area contributed by atoms with Gasteiger partial charge in [0.15, 0.2) is 17.3 Å². The van der Waals surface area contributed by atoms with Gasteiger partial charge in [0.2, 0.25) is 0 Å². The van der Waals surface area contributed by atoms with Crippen LogP contribution in [0.2, 0.25) is 0 Å². The largest absolute Gasteiger partial charge is 0.354 e. The number of carbonyl (C=O) groups excluding carboxylic acids is 3. The number of hydrogen-bond acceptors (Lipinski definition) is 8. The second kappa shape index (κ2) is 9.39. The quantitative estimate of drug-likeness (QED) is 0.601. The smallest absolute Gasteiger partial charge is 0.278 e. The Bertz CT molecular complexity index is 1160. The molecule has 0 atom stereocenters. The van der Waals surface area contributed by atoms with Crippen LogP contribution in [0.25, 0.3) is 0 Å². The van der Waals surface area contributed by atoms with Crippen molar-refractivity contribution in [2.24, 2.45) is 12.0 Å². The summed E-state index contributed by atoms with van der Waals surface area (Å²) >= 11 is 0. The summed E-state index contributed by atoms with van der Waals surface area (Å²) in [5.74, 6) is -1.33. The van der Waals surface area contributed by atoms with Gasteiger partial charge in [-0.2, -0.15) is 5.10 Å². The summed E-state index contributed by atoms with van der Waals surface area (Å²) in [7, 11) is 3.05. The molecule has 2 amide bonds. The lowest BCUT2D eigenvalue weighted by Gasteiger charge is -2.12. The van der Waals surface area contributed by atoms with Gasteiger partial charge in [0.05, 0.1) is 30.0 Å². The minimum atomic E-state index is -0.671. The van der Waals surface area contributed by atoms with Crippen molar-refractivity contribution < 1.29 is 14.4 Å². The number of Topliss-reactive ketones (excluding diaryl/α,β-unsaturated/α-hetero) is 1. The Labute approximate surface area is 177 Å². The molecular weight excluding hydrogens is 400 g/mol. The molecule has 3 heterocycles. The lowest BCUT2D eigenvalue weighted by Crippen LogP contribution is -2.24. The van der Waals surface area contributed by atoms with Crippen LogP contribution in [0.15, 0.2) is 53.6 Å². The number of ketones is 1. The number of aryl methyl sites for hydroxylation is 1. The van der Waals surface area contributed by atoms with Gasteiger partial charge >= 0.3 is 0 Å². The van der Waals surface area contributed by atoms with Gasteiger partial charge in [-0.15, -0.1) is 0 Å². The highest BCUT2D eigenvalue weighted by Crippen LogP contribution is 2.19. The van der Waals surface area contributed by atoms with E-state index in [0.717, 1.165) is 0 Å². The molecule has 0 spiro atoms. The topological polar surface area (TPSA) is 143 Å². The van der Waals surface area contributed by atoms with Crippen molar-refractivity contribution in [3.63, 3.8) is 0 Å². The van der Waals surface area contributed by atoms with Gasteiger partial charge in [0, 0.05) is 27.2 Å². The second-order valence-corrected chi connectivity index (χ2v) is 6.32. The predicted octanol–water partition coefficient (Wildman–Crippen LogP) is 1.47. The molecule has 1 aliphatic rings. The van der Waals surface area contributed by atoms with E-state index in [1.54, 1.807) is 43.8 Å². The third-order valence-electron chi connectivity index (χ3n) is 4.12. The highest BCUT2D eigenvalue weighted by Gasteiger charge is 2.22. The maximum atomic E-state index is 13.0. The SMILES string of the molecule is CNC(=O)c1c(NC(=O)c2nc(C(C)=O)cnc2NC2=C/C=C/C=C/N=C2)cnn1C. The predicted molar refractivity (Wildman–Crippen MR) is 115 cm³/mol. The van der Waals surface area contributed by atoms with Gasteiger partial charge in [-0.1, -0.05) is 12.2 Å². The molecule has 2 aromatic heterocycles. The second-order valence-electron chi connectivity index (χ2n) is 6.32. The van der Waals surface area contributed by atoms with E-state index in [1.165, 1.54) is 31.0 Å². The van der Waals surface area contributed by atoms with E-state index in [0.29, 0.717) is 5.70 Å².